The summed E-state index contributed by atoms with van der Waals surface area (Å²) in [5, 5.41) is 3.68. The largest absolute Gasteiger partial charge is 0.375 e. The van der Waals surface area contributed by atoms with Gasteiger partial charge < -0.3 is 10.1 Å². The van der Waals surface area contributed by atoms with Crippen molar-refractivity contribution in [2.45, 2.75) is 76.4 Å². The molecule has 2 fully saturated rings. The third kappa shape index (κ3) is 3.21. The minimum atomic E-state index is 0.250. The number of ether oxygens (including phenoxy) is 1. The molecule has 0 bridgehead atoms. The first-order valence-electron chi connectivity index (χ1n) is 7.22. The SMILES string of the molecule is CCCNC1CCOC2(CCCCCC2)C1. The molecule has 94 valence electrons. The van der Waals surface area contributed by atoms with Gasteiger partial charge in [0.2, 0.25) is 0 Å². The van der Waals surface area contributed by atoms with Crippen LogP contribution in [0.4, 0.5) is 0 Å². The first-order valence-corrected chi connectivity index (χ1v) is 7.22. The highest BCUT2D eigenvalue weighted by Crippen LogP contribution is 2.37. The molecule has 0 aromatic rings. The maximum Gasteiger partial charge on any atom is 0.0697 e. The molecule has 16 heavy (non-hydrogen) atoms. The van der Waals surface area contributed by atoms with Gasteiger partial charge in [-0.2, -0.15) is 0 Å². The van der Waals surface area contributed by atoms with Crippen LogP contribution in [0.2, 0.25) is 0 Å². The maximum absolute atomic E-state index is 6.16. The van der Waals surface area contributed by atoms with Gasteiger partial charge in [-0.15, -0.1) is 0 Å². The van der Waals surface area contributed by atoms with Crippen LogP contribution in [-0.2, 0) is 4.74 Å². The fourth-order valence-electron chi connectivity index (χ4n) is 3.27. The van der Waals surface area contributed by atoms with E-state index >= 15 is 0 Å². The van der Waals surface area contributed by atoms with Crippen LogP contribution in [0, 0.1) is 0 Å². The van der Waals surface area contributed by atoms with Gasteiger partial charge in [0.1, 0.15) is 0 Å². The van der Waals surface area contributed by atoms with Crippen LogP contribution in [0.15, 0.2) is 0 Å². The van der Waals surface area contributed by atoms with Crippen LogP contribution < -0.4 is 5.32 Å². The van der Waals surface area contributed by atoms with Crippen LogP contribution >= 0.6 is 0 Å². The molecule has 0 amide bonds. The summed E-state index contributed by atoms with van der Waals surface area (Å²) < 4.78 is 6.16. The van der Waals surface area contributed by atoms with E-state index in [1.54, 1.807) is 0 Å². The Kier molecular flexibility index (Phi) is 4.66. The second-order valence-corrected chi connectivity index (χ2v) is 5.59. The fourth-order valence-corrected chi connectivity index (χ4v) is 3.27. The van der Waals surface area contributed by atoms with E-state index in [2.05, 4.69) is 12.2 Å². The summed E-state index contributed by atoms with van der Waals surface area (Å²) in [7, 11) is 0. The summed E-state index contributed by atoms with van der Waals surface area (Å²) in [6, 6.07) is 0.715. The third-order valence-corrected chi connectivity index (χ3v) is 4.19. The lowest BCUT2D eigenvalue weighted by Gasteiger charge is -2.41. The zero-order valence-corrected chi connectivity index (χ0v) is 10.8. The summed E-state index contributed by atoms with van der Waals surface area (Å²) in [5.74, 6) is 0. The smallest absolute Gasteiger partial charge is 0.0697 e. The zero-order chi connectivity index (χ0) is 11.3. The summed E-state index contributed by atoms with van der Waals surface area (Å²) in [4.78, 5) is 0. The molecular formula is C14H27NO. The van der Waals surface area contributed by atoms with Crippen molar-refractivity contribution in [3.8, 4) is 0 Å². The van der Waals surface area contributed by atoms with E-state index in [1.807, 2.05) is 0 Å². The predicted octanol–water partition coefficient (Wildman–Crippen LogP) is 3.26. The van der Waals surface area contributed by atoms with Gasteiger partial charge in [-0.3, -0.25) is 0 Å². The van der Waals surface area contributed by atoms with Gasteiger partial charge >= 0.3 is 0 Å². The monoisotopic (exact) mass is 225 g/mol. The molecule has 2 aliphatic rings. The van der Waals surface area contributed by atoms with Crippen molar-refractivity contribution in [1.82, 2.24) is 5.32 Å². The van der Waals surface area contributed by atoms with Gasteiger partial charge in [0.05, 0.1) is 5.60 Å². The average Bonchev–Trinajstić information content (AvgIpc) is 2.53. The van der Waals surface area contributed by atoms with Crippen molar-refractivity contribution in [3.05, 3.63) is 0 Å². The van der Waals surface area contributed by atoms with Crippen molar-refractivity contribution in [1.29, 1.82) is 0 Å². The Labute approximate surface area is 100 Å². The van der Waals surface area contributed by atoms with Gasteiger partial charge in [-0.1, -0.05) is 32.6 Å². The molecule has 0 aromatic heterocycles. The van der Waals surface area contributed by atoms with E-state index in [-0.39, 0.29) is 5.60 Å². The standard InChI is InChI=1S/C14H27NO/c1-2-10-15-13-7-11-16-14(12-13)8-5-3-4-6-9-14/h13,15H,2-12H2,1H3. The Morgan fingerprint density at radius 2 is 1.94 bits per heavy atom. The molecule has 2 rings (SSSR count). The highest BCUT2D eigenvalue weighted by molar-refractivity contribution is 4.91. The van der Waals surface area contributed by atoms with Gasteiger partial charge in [0, 0.05) is 12.6 Å². The second kappa shape index (κ2) is 6.02. The second-order valence-electron chi connectivity index (χ2n) is 5.59. The normalized spacial score (nSPS) is 30.2. The van der Waals surface area contributed by atoms with Crippen LogP contribution in [0.3, 0.4) is 0 Å². The number of hydrogen-bond donors (Lipinski definition) is 1. The maximum atomic E-state index is 6.16. The molecule has 2 nitrogen and oxygen atoms in total. The lowest BCUT2D eigenvalue weighted by Crippen LogP contribution is -2.47. The number of hydrogen-bond acceptors (Lipinski definition) is 2. The Bertz CT molecular complexity index is 197. The Morgan fingerprint density at radius 1 is 1.19 bits per heavy atom. The lowest BCUT2D eigenvalue weighted by molar-refractivity contribution is -0.0972. The van der Waals surface area contributed by atoms with E-state index in [0.29, 0.717) is 6.04 Å². The Hall–Kier alpha value is -0.0800. The van der Waals surface area contributed by atoms with Gasteiger partial charge in [0.15, 0.2) is 0 Å². The molecule has 0 aromatic carbocycles. The van der Waals surface area contributed by atoms with Crippen LogP contribution in [0.1, 0.15) is 64.7 Å². The molecule has 1 aliphatic heterocycles. The van der Waals surface area contributed by atoms with Crippen LogP contribution in [-0.4, -0.2) is 24.8 Å². The molecule has 1 unspecified atom stereocenters. The Balaban J connectivity index is 1.88. The van der Waals surface area contributed by atoms with E-state index in [9.17, 15) is 0 Å². The quantitative estimate of drug-likeness (QED) is 0.796. The van der Waals surface area contributed by atoms with E-state index < -0.39 is 0 Å². The van der Waals surface area contributed by atoms with E-state index in [0.717, 1.165) is 6.61 Å². The molecule has 1 N–H and O–H groups in total. The average molecular weight is 225 g/mol. The number of nitrogens with one attached hydrogen (secondary N) is 1. The van der Waals surface area contributed by atoms with Gasteiger partial charge in [0.25, 0.3) is 0 Å². The minimum absolute atomic E-state index is 0.250. The van der Waals surface area contributed by atoms with Crippen LogP contribution in [0.25, 0.3) is 0 Å². The molecule has 1 atom stereocenters. The summed E-state index contributed by atoms with van der Waals surface area (Å²) in [6.45, 7) is 4.38. The predicted molar refractivity (Wildman–Crippen MR) is 67.7 cm³/mol. The lowest BCUT2D eigenvalue weighted by atomic mass is 9.84. The highest BCUT2D eigenvalue weighted by Gasteiger charge is 2.37. The topological polar surface area (TPSA) is 21.3 Å². The third-order valence-electron chi connectivity index (χ3n) is 4.19. The fraction of sp³-hybridized carbons (Fsp3) is 1.00. The summed E-state index contributed by atoms with van der Waals surface area (Å²) >= 11 is 0. The van der Waals surface area contributed by atoms with Crippen molar-refractivity contribution < 1.29 is 4.74 Å². The summed E-state index contributed by atoms with van der Waals surface area (Å²) in [5.41, 5.74) is 0.250. The first kappa shape index (κ1) is 12.4. The first-order chi connectivity index (χ1) is 7.85. The molecule has 1 saturated carbocycles. The summed E-state index contributed by atoms with van der Waals surface area (Å²) in [6.07, 6.45) is 11.9. The van der Waals surface area contributed by atoms with Crippen molar-refractivity contribution in [2.75, 3.05) is 13.2 Å². The van der Waals surface area contributed by atoms with Gasteiger partial charge in [-0.05, 0) is 38.6 Å². The molecule has 1 saturated heterocycles. The molecule has 1 aliphatic carbocycles. The van der Waals surface area contributed by atoms with Crippen LogP contribution in [0.5, 0.6) is 0 Å². The highest BCUT2D eigenvalue weighted by atomic mass is 16.5. The van der Waals surface area contributed by atoms with Crippen molar-refractivity contribution in [2.24, 2.45) is 0 Å². The van der Waals surface area contributed by atoms with Crippen molar-refractivity contribution >= 4 is 0 Å². The molecule has 1 heterocycles. The van der Waals surface area contributed by atoms with E-state index in [4.69, 9.17) is 4.74 Å². The van der Waals surface area contributed by atoms with Gasteiger partial charge in [-0.25, -0.2) is 0 Å². The molecular weight excluding hydrogens is 198 g/mol. The Morgan fingerprint density at radius 3 is 2.62 bits per heavy atom. The molecule has 2 heteroatoms. The minimum Gasteiger partial charge on any atom is -0.375 e. The molecule has 0 radical (unpaired) electrons. The zero-order valence-electron chi connectivity index (χ0n) is 10.8. The van der Waals surface area contributed by atoms with E-state index in [1.165, 1.54) is 64.3 Å². The molecule has 1 spiro atoms. The van der Waals surface area contributed by atoms with Crippen molar-refractivity contribution in [3.63, 3.8) is 0 Å². The number of rotatable bonds is 3.